The molecule has 0 saturated carbocycles. The number of hydrogen-bond acceptors (Lipinski definition) is 4. The Kier molecular flexibility index (Phi) is 6.93. The summed E-state index contributed by atoms with van der Waals surface area (Å²) in [5, 5.41) is 3.15. The van der Waals surface area contributed by atoms with Crippen LogP contribution in [0, 0.1) is 0 Å². The number of likely N-dealkylation sites (N-methyl/N-ethyl adjacent to an activating group) is 1. The van der Waals surface area contributed by atoms with Gasteiger partial charge in [0.05, 0.1) is 16.5 Å². The minimum Gasteiger partial charge on any atom is -0.496 e. The zero-order chi connectivity index (χ0) is 14.8. The van der Waals surface area contributed by atoms with Gasteiger partial charge in [0, 0.05) is 25.2 Å². The Hall–Kier alpha value is -0.340. The highest BCUT2D eigenvalue weighted by molar-refractivity contribution is 9.10. The van der Waals surface area contributed by atoms with Crippen LogP contribution >= 0.6 is 28.3 Å². The molecular weight excluding hydrogens is 380 g/mol. The van der Waals surface area contributed by atoms with E-state index >= 15 is 0 Å². The summed E-state index contributed by atoms with van der Waals surface area (Å²) in [7, 11) is -0.0751. The van der Waals surface area contributed by atoms with E-state index in [9.17, 15) is 8.42 Å². The summed E-state index contributed by atoms with van der Waals surface area (Å²) in [6, 6.07) is 5.08. The number of rotatable bonds is 4. The first kappa shape index (κ1) is 18.7. The molecule has 0 radical (unpaired) electrons. The van der Waals surface area contributed by atoms with Crippen LogP contribution in [0.25, 0.3) is 0 Å². The second-order valence-corrected chi connectivity index (χ2v) is 7.58. The van der Waals surface area contributed by atoms with Gasteiger partial charge >= 0.3 is 0 Å². The van der Waals surface area contributed by atoms with Crippen molar-refractivity contribution in [3.63, 3.8) is 0 Å². The van der Waals surface area contributed by atoms with Crippen LogP contribution in [0.3, 0.4) is 0 Å². The predicted octanol–water partition coefficient (Wildman–Crippen LogP) is 2.25. The van der Waals surface area contributed by atoms with Gasteiger partial charge in [-0.2, -0.15) is 4.31 Å². The average Bonchev–Trinajstić information content (AvgIpc) is 2.47. The first-order chi connectivity index (χ1) is 9.48. The van der Waals surface area contributed by atoms with E-state index < -0.39 is 10.0 Å². The lowest BCUT2D eigenvalue weighted by Crippen LogP contribution is -2.46. The largest absolute Gasteiger partial charge is 0.496 e. The van der Waals surface area contributed by atoms with E-state index in [2.05, 4.69) is 21.2 Å². The third-order valence-corrected chi connectivity index (χ3v) is 6.07. The molecule has 1 N–H and O–H groups in total. The van der Waals surface area contributed by atoms with Crippen molar-refractivity contribution in [1.29, 1.82) is 0 Å². The zero-order valence-electron chi connectivity index (χ0n) is 12.0. The first-order valence-corrected chi connectivity index (χ1v) is 8.73. The number of sulfonamides is 1. The fraction of sp³-hybridized carbons (Fsp3) is 0.538. The molecule has 120 valence electrons. The summed E-state index contributed by atoms with van der Waals surface area (Å²) in [4.78, 5) is 0.273. The zero-order valence-corrected chi connectivity index (χ0v) is 15.2. The molecule has 1 aromatic carbocycles. The minimum absolute atomic E-state index is 0. The van der Waals surface area contributed by atoms with Gasteiger partial charge in [-0.25, -0.2) is 8.42 Å². The molecule has 1 aliphatic rings. The molecule has 1 aliphatic heterocycles. The molecule has 8 heteroatoms. The fourth-order valence-electron chi connectivity index (χ4n) is 2.35. The highest BCUT2D eigenvalue weighted by atomic mass is 79.9. The summed E-state index contributed by atoms with van der Waals surface area (Å²) in [5.41, 5.74) is 0. The van der Waals surface area contributed by atoms with Crippen LogP contribution in [-0.2, 0) is 10.0 Å². The van der Waals surface area contributed by atoms with Gasteiger partial charge in [-0.05, 0) is 48.0 Å². The molecule has 5 nitrogen and oxygen atoms in total. The summed E-state index contributed by atoms with van der Waals surface area (Å²) >= 11 is 3.33. The molecule has 1 saturated heterocycles. The highest BCUT2D eigenvalue weighted by Crippen LogP contribution is 2.29. The molecule has 1 fully saturated rings. The van der Waals surface area contributed by atoms with Gasteiger partial charge in [0.2, 0.25) is 10.0 Å². The Bertz CT molecular complexity index is 583. The average molecular weight is 400 g/mol. The monoisotopic (exact) mass is 398 g/mol. The Balaban J connectivity index is 0.00000220. The molecule has 1 atom stereocenters. The number of piperidine rings is 1. The van der Waals surface area contributed by atoms with Gasteiger partial charge in [-0.3, -0.25) is 0 Å². The maximum atomic E-state index is 12.7. The van der Waals surface area contributed by atoms with E-state index in [0.29, 0.717) is 18.8 Å². The van der Waals surface area contributed by atoms with Gasteiger partial charge in [0.15, 0.2) is 0 Å². The van der Waals surface area contributed by atoms with E-state index in [0.717, 1.165) is 17.3 Å². The molecule has 0 aliphatic carbocycles. The summed E-state index contributed by atoms with van der Waals surface area (Å²) in [6.07, 6.45) is 1.88. The third kappa shape index (κ3) is 4.10. The first-order valence-electron chi connectivity index (χ1n) is 6.50. The van der Waals surface area contributed by atoms with Gasteiger partial charge in [0.25, 0.3) is 0 Å². The summed E-state index contributed by atoms with van der Waals surface area (Å²) in [6.45, 7) is 1.08. The number of nitrogens with zero attached hydrogens (tertiary/aromatic N) is 1. The summed E-state index contributed by atoms with van der Waals surface area (Å²) < 4.78 is 32.8. The molecule has 21 heavy (non-hydrogen) atoms. The lowest BCUT2D eigenvalue weighted by molar-refractivity contribution is 0.292. The van der Waals surface area contributed by atoms with Crippen molar-refractivity contribution in [3.8, 4) is 5.75 Å². The van der Waals surface area contributed by atoms with Crippen LogP contribution in [-0.4, -0.2) is 46.0 Å². The van der Waals surface area contributed by atoms with Crippen molar-refractivity contribution in [3.05, 3.63) is 22.7 Å². The van der Waals surface area contributed by atoms with Crippen molar-refractivity contribution in [1.82, 2.24) is 9.62 Å². The Morgan fingerprint density at radius 2 is 2.14 bits per heavy atom. The molecule has 0 bridgehead atoms. The van der Waals surface area contributed by atoms with E-state index in [1.54, 1.807) is 22.5 Å². The molecule has 0 aromatic heterocycles. The van der Waals surface area contributed by atoms with Crippen molar-refractivity contribution < 1.29 is 13.2 Å². The number of methoxy groups -OCH3 is 1. The third-order valence-electron chi connectivity index (χ3n) is 3.55. The van der Waals surface area contributed by atoms with E-state index in [1.165, 1.54) is 7.11 Å². The van der Waals surface area contributed by atoms with Crippen LogP contribution in [0.2, 0.25) is 0 Å². The minimum atomic E-state index is -3.46. The standard InChI is InChI=1S/C13H19BrN2O3S.ClH/c1-15-10-4-3-7-16(9-10)20(17,18)11-5-6-12(14)13(8-11)19-2;/h5-6,8,10,15H,3-4,7,9H2,1-2H3;1H. The van der Waals surface area contributed by atoms with E-state index in [-0.39, 0.29) is 23.3 Å². The smallest absolute Gasteiger partial charge is 0.243 e. The topological polar surface area (TPSA) is 58.6 Å². The van der Waals surface area contributed by atoms with Crippen LogP contribution in [0.4, 0.5) is 0 Å². The van der Waals surface area contributed by atoms with Gasteiger partial charge in [0.1, 0.15) is 5.75 Å². The number of nitrogens with one attached hydrogen (secondary N) is 1. The number of halogens is 2. The van der Waals surface area contributed by atoms with Crippen LogP contribution < -0.4 is 10.1 Å². The van der Waals surface area contributed by atoms with Crippen molar-refractivity contribution in [2.45, 2.75) is 23.8 Å². The number of hydrogen-bond donors (Lipinski definition) is 1. The molecule has 1 unspecified atom stereocenters. The van der Waals surface area contributed by atoms with Gasteiger partial charge in [-0.1, -0.05) is 0 Å². The fourth-order valence-corrected chi connectivity index (χ4v) is 4.29. The Morgan fingerprint density at radius 1 is 1.43 bits per heavy atom. The molecular formula is C13H20BrClN2O3S. The molecule has 2 rings (SSSR count). The maximum Gasteiger partial charge on any atom is 0.243 e. The number of ether oxygens (including phenoxy) is 1. The lowest BCUT2D eigenvalue weighted by atomic mass is 10.1. The van der Waals surface area contributed by atoms with Gasteiger partial charge in [-0.15, -0.1) is 12.4 Å². The van der Waals surface area contributed by atoms with Crippen LogP contribution in [0.15, 0.2) is 27.6 Å². The Labute approximate surface area is 140 Å². The SMILES string of the molecule is CNC1CCCN(S(=O)(=O)c2ccc(Br)c(OC)c2)C1.Cl. The normalized spacial score (nSPS) is 19.9. The quantitative estimate of drug-likeness (QED) is 0.843. The number of benzene rings is 1. The van der Waals surface area contributed by atoms with Crippen molar-refractivity contribution in [2.75, 3.05) is 27.2 Å². The van der Waals surface area contributed by atoms with Crippen molar-refractivity contribution in [2.24, 2.45) is 0 Å². The summed E-state index contributed by atoms with van der Waals surface area (Å²) in [5.74, 6) is 0.522. The van der Waals surface area contributed by atoms with Crippen molar-refractivity contribution >= 4 is 38.4 Å². The second kappa shape index (κ2) is 7.78. The molecule has 1 aromatic rings. The van der Waals surface area contributed by atoms with E-state index in [4.69, 9.17) is 4.74 Å². The van der Waals surface area contributed by atoms with Gasteiger partial charge < -0.3 is 10.1 Å². The molecule has 0 spiro atoms. The molecule has 0 amide bonds. The second-order valence-electron chi connectivity index (χ2n) is 4.79. The van der Waals surface area contributed by atoms with Crippen LogP contribution in [0.1, 0.15) is 12.8 Å². The lowest BCUT2D eigenvalue weighted by Gasteiger charge is -2.31. The van der Waals surface area contributed by atoms with E-state index in [1.807, 2.05) is 7.05 Å². The van der Waals surface area contributed by atoms with Crippen LogP contribution in [0.5, 0.6) is 5.75 Å². The maximum absolute atomic E-state index is 12.7. The Morgan fingerprint density at radius 3 is 2.76 bits per heavy atom. The molecule has 1 heterocycles. The predicted molar refractivity (Wildman–Crippen MR) is 88.8 cm³/mol. The highest BCUT2D eigenvalue weighted by Gasteiger charge is 2.30.